The maximum absolute atomic E-state index is 13.0. The zero-order chi connectivity index (χ0) is 25.1. The number of anilines is 1. The lowest BCUT2D eigenvalue weighted by atomic mass is 10.1. The summed E-state index contributed by atoms with van der Waals surface area (Å²) in [7, 11) is 1.33. The summed E-state index contributed by atoms with van der Waals surface area (Å²) in [5.74, 6) is 0.804. The lowest BCUT2D eigenvalue weighted by molar-refractivity contribution is 0.0602. The minimum atomic E-state index is -0.466. The highest BCUT2D eigenvalue weighted by atomic mass is 32.1. The maximum Gasteiger partial charge on any atom is 0.339 e. The van der Waals surface area contributed by atoms with Gasteiger partial charge < -0.3 is 34.1 Å². The number of methoxy groups -OCH3 is 1. The predicted molar refractivity (Wildman–Crippen MR) is 139 cm³/mol. The predicted octanol–water partition coefficient (Wildman–Crippen LogP) is 3.46. The molecule has 1 fully saturated rings. The molecule has 10 heteroatoms. The Morgan fingerprint density at radius 1 is 1.17 bits per heavy atom. The third-order valence-corrected chi connectivity index (χ3v) is 6.61. The zero-order valence-electron chi connectivity index (χ0n) is 19.9. The molecule has 3 aromatic rings. The van der Waals surface area contributed by atoms with E-state index in [0.717, 1.165) is 18.2 Å². The van der Waals surface area contributed by atoms with E-state index in [9.17, 15) is 9.59 Å². The fourth-order valence-electron chi connectivity index (χ4n) is 4.44. The van der Waals surface area contributed by atoms with Gasteiger partial charge in [0.05, 0.1) is 36.5 Å². The number of fused-ring (bicyclic) bond motifs is 2. The molecule has 1 aromatic heterocycles. The summed E-state index contributed by atoms with van der Waals surface area (Å²) >= 11 is 5.75. The Hall–Kier alpha value is -3.63. The second-order valence-electron chi connectivity index (χ2n) is 8.69. The van der Waals surface area contributed by atoms with E-state index in [4.69, 9.17) is 31.2 Å². The molecule has 0 spiro atoms. The summed E-state index contributed by atoms with van der Waals surface area (Å²) in [6.45, 7) is 2.42. The Morgan fingerprint density at radius 3 is 2.69 bits per heavy atom. The third kappa shape index (κ3) is 5.14. The lowest BCUT2D eigenvalue weighted by Crippen LogP contribution is -2.40. The number of para-hydroxylation sites is 1. The first-order chi connectivity index (χ1) is 17.5. The monoisotopic (exact) mass is 509 g/mol. The highest BCUT2D eigenvalue weighted by Crippen LogP contribution is 2.33. The number of carbonyl (C=O) groups is 1. The van der Waals surface area contributed by atoms with Crippen LogP contribution in [0.25, 0.3) is 10.9 Å². The van der Waals surface area contributed by atoms with Crippen molar-refractivity contribution in [3.8, 4) is 11.5 Å². The number of pyridine rings is 1. The van der Waals surface area contributed by atoms with Gasteiger partial charge in [0.25, 0.3) is 5.56 Å². The van der Waals surface area contributed by atoms with Gasteiger partial charge in [0.15, 0.2) is 16.6 Å². The average molecular weight is 510 g/mol. The Labute approximate surface area is 213 Å². The fourth-order valence-corrected chi connectivity index (χ4v) is 4.69. The molecule has 2 N–H and O–H groups in total. The Balaban J connectivity index is 1.44. The number of rotatable bonds is 6. The van der Waals surface area contributed by atoms with Gasteiger partial charge in [-0.15, -0.1) is 0 Å². The van der Waals surface area contributed by atoms with Crippen LogP contribution in [0.4, 0.5) is 5.69 Å². The van der Waals surface area contributed by atoms with Crippen molar-refractivity contribution in [1.82, 2.24) is 9.88 Å². The van der Waals surface area contributed by atoms with Crippen LogP contribution >= 0.6 is 12.2 Å². The number of aromatic nitrogens is 1. The zero-order valence-corrected chi connectivity index (χ0v) is 20.7. The number of hydrogen-bond acceptors (Lipinski definition) is 7. The topological polar surface area (TPSA) is 102 Å². The molecule has 2 aliphatic rings. The largest absolute Gasteiger partial charge is 0.486 e. The first-order valence-electron chi connectivity index (χ1n) is 11.8. The van der Waals surface area contributed by atoms with Crippen LogP contribution in [0.3, 0.4) is 0 Å². The molecule has 2 aliphatic heterocycles. The summed E-state index contributed by atoms with van der Waals surface area (Å²) in [6, 6.07) is 12.5. The molecule has 5 rings (SSSR count). The van der Waals surface area contributed by atoms with Crippen molar-refractivity contribution >= 4 is 39.9 Å². The van der Waals surface area contributed by atoms with Gasteiger partial charge in [-0.05, 0) is 49.3 Å². The van der Waals surface area contributed by atoms with E-state index in [1.807, 2.05) is 23.1 Å². The number of ether oxygens (including phenoxy) is 4. The highest BCUT2D eigenvalue weighted by Gasteiger charge is 2.23. The SMILES string of the molecule is COC(=O)c1ccccc1NC(=S)N(Cc1cc2cc3c(cc2[nH]c1=O)OCCO3)C[C@@H]1CCCO1. The molecule has 1 atom stereocenters. The van der Waals surface area contributed by atoms with E-state index >= 15 is 0 Å². The highest BCUT2D eigenvalue weighted by molar-refractivity contribution is 7.80. The van der Waals surface area contributed by atoms with Crippen molar-refractivity contribution in [2.45, 2.75) is 25.5 Å². The molecule has 0 aliphatic carbocycles. The molecule has 0 bridgehead atoms. The van der Waals surface area contributed by atoms with Gasteiger partial charge in [0, 0.05) is 30.2 Å². The number of nitrogens with one attached hydrogen (secondary N) is 2. The molecular weight excluding hydrogens is 482 g/mol. The number of carbonyl (C=O) groups excluding carboxylic acids is 1. The minimum Gasteiger partial charge on any atom is -0.486 e. The molecular formula is C26H27N3O6S. The number of aromatic amines is 1. The Kier molecular flexibility index (Phi) is 7.06. The van der Waals surface area contributed by atoms with Gasteiger partial charge in [-0.2, -0.15) is 0 Å². The van der Waals surface area contributed by atoms with E-state index < -0.39 is 5.97 Å². The first-order valence-corrected chi connectivity index (χ1v) is 12.2. The molecule has 0 unspecified atom stereocenters. The van der Waals surface area contributed by atoms with E-state index in [2.05, 4.69) is 10.3 Å². The van der Waals surface area contributed by atoms with Crippen molar-refractivity contribution in [3.63, 3.8) is 0 Å². The van der Waals surface area contributed by atoms with Crippen molar-refractivity contribution in [2.75, 3.05) is 38.8 Å². The second kappa shape index (κ2) is 10.5. The minimum absolute atomic E-state index is 0.00212. The number of esters is 1. The van der Waals surface area contributed by atoms with Crippen LogP contribution in [-0.4, -0.2) is 60.5 Å². The molecule has 2 aromatic carbocycles. The van der Waals surface area contributed by atoms with Crippen LogP contribution in [0.15, 0.2) is 47.3 Å². The van der Waals surface area contributed by atoms with Gasteiger partial charge in [0.1, 0.15) is 13.2 Å². The summed E-state index contributed by atoms with van der Waals surface area (Å²) < 4.78 is 22.1. The van der Waals surface area contributed by atoms with E-state index in [-0.39, 0.29) is 18.2 Å². The number of thiocarbonyl (C=S) groups is 1. The summed E-state index contributed by atoms with van der Waals surface area (Å²) in [4.78, 5) is 30.1. The van der Waals surface area contributed by atoms with Crippen LogP contribution in [-0.2, 0) is 16.0 Å². The third-order valence-electron chi connectivity index (χ3n) is 6.25. The molecule has 9 nitrogen and oxygen atoms in total. The van der Waals surface area contributed by atoms with Gasteiger partial charge in [-0.3, -0.25) is 4.79 Å². The van der Waals surface area contributed by atoms with E-state index in [1.54, 1.807) is 24.3 Å². The van der Waals surface area contributed by atoms with Gasteiger partial charge in [-0.25, -0.2) is 4.79 Å². The number of hydrogen-bond donors (Lipinski definition) is 2. The second-order valence-corrected chi connectivity index (χ2v) is 9.08. The molecule has 0 saturated carbocycles. The van der Waals surface area contributed by atoms with Crippen LogP contribution in [0.2, 0.25) is 0 Å². The number of nitrogens with zero attached hydrogens (tertiary/aromatic N) is 1. The average Bonchev–Trinajstić information content (AvgIpc) is 3.40. The first kappa shape index (κ1) is 24.1. The van der Waals surface area contributed by atoms with Gasteiger partial charge >= 0.3 is 5.97 Å². The van der Waals surface area contributed by atoms with Crippen LogP contribution in [0, 0.1) is 0 Å². The van der Waals surface area contributed by atoms with Crippen LogP contribution < -0.4 is 20.3 Å². The van der Waals surface area contributed by atoms with Crippen molar-refractivity contribution in [1.29, 1.82) is 0 Å². The van der Waals surface area contributed by atoms with Crippen LogP contribution in [0.1, 0.15) is 28.8 Å². The molecule has 0 radical (unpaired) electrons. The molecule has 188 valence electrons. The summed E-state index contributed by atoms with van der Waals surface area (Å²) in [6.07, 6.45) is 1.89. The molecule has 36 heavy (non-hydrogen) atoms. The Bertz CT molecular complexity index is 1350. The quantitative estimate of drug-likeness (QED) is 0.382. The van der Waals surface area contributed by atoms with E-state index in [0.29, 0.717) is 65.3 Å². The van der Waals surface area contributed by atoms with Crippen LogP contribution in [0.5, 0.6) is 11.5 Å². The van der Waals surface area contributed by atoms with Gasteiger partial charge in [-0.1, -0.05) is 12.1 Å². The number of H-pyrrole nitrogens is 1. The maximum atomic E-state index is 13.0. The van der Waals surface area contributed by atoms with Crippen molar-refractivity contribution in [2.24, 2.45) is 0 Å². The number of benzene rings is 2. The lowest BCUT2D eigenvalue weighted by Gasteiger charge is -2.28. The Morgan fingerprint density at radius 2 is 1.94 bits per heavy atom. The molecule has 0 amide bonds. The van der Waals surface area contributed by atoms with Gasteiger partial charge in [0.2, 0.25) is 0 Å². The summed E-state index contributed by atoms with van der Waals surface area (Å²) in [5, 5.41) is 4.38. The fraction of sp³-hybridized carbons (Fsp3) is 0.346. The standard InChI is InChI=1S/C26H27N3O6S/c1-32-25(31)19-6-2-3-7-20(19)28-26(36)29(15-18-5-4-8-33-18)14-17-11-16-12-22-23(35-10-9-34-22)13-21(16)27-24(17)30/h2-3,6-7,11-13,18H,4-5,8-10,14-15H2,1H3,(H,27,30)(H,28,36)/t18-/m0/s1. The summed E-state index contributed by atoms with van der Waals surface area (Å²) in [5.41, 5.74) is 1.90. The van der Waals surface area contributed by atoms with Crippen molar-refractivity contribution < 1.29 is 23.7 Å². The normalized spacial score (nSPS) is 16.5. The smallest absolute Gasteiger partial charge is 0.339 e. The van der Waals surface area contributed by atoms with Crippen molar-refractivity contribution in [3.05, 3.63) is 63.9 Å². The molecule has 3 heterocycles. The van der Waals surface area contributed by atoms with E-state index in [1.165, 1.54) is 7.11 Å². The molecule has 1 saturated heterocycles.